The van der Waals surface area contributed by atoms with Crippen LogP contribution in [-0.2, 0) is 48.9 Å². The summed E-state index contributed by atoms with van der Waals surface area (Å²) in [5, 5.41) is -0.148. The fourth-order valence-corrected chi connectivity index (χ4v) is 6.92. The van der Waals surface area contributed by atoms with Crippen LogP contribution >= 0.6 is 0 Å². The second-order valence-corrected chi connectivity index (χ2v) is 12.7. The van der Waals surface area contributed by atoms with Crippen molar-refractivity contribution in [2.45, 2.75) is 52.6 Å². The summed E-state index contributed by atoms with van der Waals surface area (Å²) in [6.07, 6.45) is 9.95. The van der Waals surface area contributed by atoms with E-state index in [2.05, 4.69) is 74.5 Å². The Bertz CT molecular complexity index is 1780. The van der Waals surface area contributed by atoms with Crippen molar-refractivity contribution < 1.29 is 13.0 Å². The zero-order valence-corrected chi connectivity index (χ0v) is 26.8. The van der Waals surface area contributed by atoms with Crippen LogP contribution in [0.25, 0.3) is 5.57 Å². The van der Waals surface area contributed by atoms with Crippen LogP contribution in [0, 0.1) is 5.25 Å². The lowest BCUT2D eigenvalue weighted by Crippen LogP contribution is -2.15. The molecule has 0 saturated heterocycles. The average Bonchev–Trinajstić information content (AvgIpc) is 3.06. The number of hydrogen-bond donors (Lipinski definition) is 3. The minimum absolute atomic E-state index is 0.148. The Morgan fingerprint density at radius 3 is 1.51 bits per heavy atom. The van der Waals surface area contributed by atoms with Gasteiger partial charge in [-0.25, -0.2) is 0 Å². The fourth-order valence-electron chi connectivity index (χ4n) is 6.22. The summed E-state index contributed by atoms with van der Waals surface area (Å²) >= 11 is 0. The molecule has 230 valence electrons. The lowest BCUT2D eigenvalue weighted by molar-refractivity contribution is 0.487. The van der Waals surface area contributed by atoms with Gasteiger partial charge in [-0.05, 0) is 94.5 Å². The normalized spacial score (nSPS) is 13.0. The second kappa shape index (κ2) is 14.3. The average molecular weight is 618 g/mol. The Kier molecular flexibility index (Phi) is 10.2. The van der Waals surface area contributed by atoms with E-state index in [-0.39, 0.29) is 5.25 Å². The summed E-state index contributed by atoms with van der Waals surface area (Å²) in [4.78, 5) is 0. The third kappa shape index (κ3) is 7.21. The number of benzene rings is 4. The van der Waals surface area contributed by atoms with Crippen molar-refractivity contribution in [2.75, 3.05) is 0 Å². The van der Waals surface area contributed by atoms with Crippen LogP contribution in [0.15, 0.2) is 115 Å². The quantitative estimate of drug-likeness (QED) is 0.121. The number of hydrogen-bond acceptors (Lipinski definition) is 4. The van der Waals surface area contributed by atoms with E-state index < -0.39 is 10.1 Å². The largest absolute Gasteiger partial charge is 0.331 e. The maximum Gasteiger partial charge on any atom is 0.331 e. The molecule has 45 heavy (non-hydrogen) atoms. The van der Waals surface area contributed by atoms with E-state index in [1.54, 1.807) is 18.2 Å². The molecule has 0 spiro atoms. The van der Waals surface area contributed by atoms with Gasteiger partial charge in [-0.3, -0.25) is 4.55 Å². The third-order valence-corrected chi connectivity index (χ3v) is 9.54. The minimum Gasteiger partial charge on any atom is -0.326 e. The van der Waals surface area contributed by atoms with Gasteiger partial charge in [0.1, 0.15) is 5.57 Å². The van der Waals surface area contributed by atoms with E-state index in [1.165, 1.54) is 28.3 Å². The Balaban J connectivity index is 1.65. The van der Waals surface area contributed by atoms with Crippen molar-refractivity contribution in [3.05, 3.63) is 176 Å². The molecule has 0 unspecified atom stereocenters. The molecule has 0 aromatic heterocycles. The molecule has 4 aromatic rings. The number of aryl methyl sites for hydroxylation is 2. The first-order valence-electron chi connectivity index (χ1n) is 15.5. The zero-order valence-electron chi connectivity index (χ0n) is 26.0. The van der Waals surface area contributed by atoms with E-state index in [1.807, 2.05) is 24.3 Å². The standard InChI is InChI=1S/C39H40N2O3S/c1-3-27-11-5-7-13-29(27)21-31-17-19-33(23-35(31)25-40)39(37-15-9-10-16-38(37)45(42,43)44)34-20-18-32(36(24-34)26-41)22-30-14-8-6-12-28(30)4-2/h5-20,23-24H,3-4,21-22,25-26,40-41H2,1-2H3/p+1. The van der Waals surface area contributed by atoms with Gasteiger partial charge in [0.2, 0.25) is 0 Å². The van der Waals surface area contributed by atoms with E-state index in [4.69, 9.17) is 11.5 Å². The van der Waals surface area contributed by atoms with Crippen molar-refractivity contribution in [1.82, 2.24) is 0 Å². The van der Waals surface area contributed by atoms with Gasteiger partial charge >= 0.3 is 10.1 Å². The summed E-state index contributed by atoms with van der Waals surface area (Å²) in [6, 6.07) is 29.2. The van der Waals surface area contributed by atoms with Gasteiger partial charge in [0.25, 0.3) is 0 Å². The smallest absolute Gasteiger partial charge is 0.326 e. The highest BCUT2D eigenvalue weighted by molar-refractivity contribution is 7.89. The van der Waals surface area contributed by atoms with Crippen LogP contribution in [-0.4, -0.2) is 13.0 Å². The van der Waals surface area contributed by atoms with Gasteiger partial charge in [0.05, 0.1) is 5.57 Å². The summed E-state index contributed by atoms with van der Waals surface area (Å²) in [6.45, 7) is 4.97. The predicted molar refractivity (Wildman–Crippen MR) is 185 cm³/mol. The van der Waals surface area contributed by atoms with Gasteiger partial charge in [-0.2, -0.15) is 8.42 Å². The van der Waals surface area contributed by atoms with Gasteiger partial charge in [0.15, 0.2) is 5.25 Å². The molecule has 0 heterocycles. The Hall–Kier alpha value is -4.20. The van der Waals surface area contributed by atoms with E-state index in [0.29, 0.717) is 24.2 Å². The molecule has 6 heteroatoms. The Labute approximate surface area is 267 Å². The first-order chi connectivity index (χ1) is 21.8. The van der Waals surface area contributed by atoms with E-state index in [0.717, 1.165) is 59.1 Å². The van der Waals surface area contributed by atoms with Crippen molar-refractivity contribution in [3.63, 3.8) is 0 Å². The van der Waals surface area contributed by atoms with E-state index in [9.17, 15) is 13.0 Å². The predicted octanol–water partition coefficient (Wildman–Crippen LogP) is 7.26. The van der Waals surface area contributed by atoms with Crippen LogP contribution in [0.2, 0.25) is 0 Å². The molecule has 5 N–H and O–H groups in total. The summed E-state index contributed by atoms with van der Waals surface area (Å²) < 4.78 is 35.5. The van der Waals surface area contributed by atoms with Gasteiger partial charge in [-0.15, -0.1) is 0 Å². The first-order valence-corrected chi connectivity index (χ1v) is 16.9. The summed E-state index contributed by atoms with van der Waals surface area (Å²) in [7, 11) is -4.51. The van der Waals surface area contributed by atoms with Crippen molar-refractivity contribution in [1.29, 1.82) is 0 Å². The molecule has 5 rings (SSSR count). The molecule has 0 atom stereocenters. The fraction of sp³-hybridized carbons (Fsp3) is 0.205. The highest BCUT2D eigenvalue weighted by Gasteiger charge is 2.36. The maximum atomic E-state index is 12.6. The molecule has 0 aliphatic heterocycles. The Morgan fingerprint density at radius 2 is 1.09 bits per heavy atom. The lowest BCUT2D eigenvalue weighted by Gasteiger charge is -2.18. The molecular weight excluding hydrogens is 577 g/mol. The van der Waals surface area contributed by atoms with Crippen LogP contribution in [0.5, 0.6) is 0 Å². The molecule has 0 amide bonds. The molecule has 5 nitrogen and oxygen atoms in total. The summed E-state index contributed by atoms with van der Waals surface area (Å²) in [5.41, 5.74) is 24.7. The second-order valence-electron chi connectivity index (χ2n) is 11.3. The lowest BCUT2D eigenvalue weighted by atomic mass is 9.85. The summed E-state index contributed by atoms with van der Waals surface area (Å²) in [5.74, 6) is 0. The molecule has 4 aromatic carbocycles. The maximum absolute atomic E-state index is 12.6. The van der Waals surface area contributed by atoms with Gasteiger partial charge < -0.3 is 11.5 Å². The topological polar surface area (TPSA) is 106 Å². The van der Waals surface area contributed by atoms with Crippen molar-refractivity contribution in [3.8, 4) is 0 Å². The zero-order chi connectivity index (χ0) is 32.0. The van der Waals surface area contributed by atoms with Gasteiger partial charge in [0, 0.05) is 48.5 Å². The number of rotatable bonds is 11. The molecule has 0 fully saturated rings. The minimum atomic E-state index is -4.51. The molecule has 0 radical (unpaired) electrons. The van der Waals surface area contributed by atoms with Crippen molar-refractivity contribution >= 4 is 15.7 Å². The van der Waals surface area contributed by atoms with Crippen LogP contribution < -0.4 is 11.5 Å². The van der Waals surface area contributed by atoms with E-state index >= 15 is 0 Å². The van der Waals surface area contributed by atoms with Gasteiger partial charge in [-0.1, -0.05) is 74.5 Å². The molecule has 1 aliphatic rings. The molecule has 1 aliphatic carbocycles. The molecule has 0 saturated carbocycles. The first kappa shape index (κ1) is 32.2. The third-order valence-electron chi connectivity index (χ3n) is 8.62. The van der Waals surface area contributed by atoms with Crippen molar-refractivity contribution in [2.24, 2.45) is 11.5 Å². The molecular formula is C39H41N2O3S+. The number of nitrogens with two attached hydrogens (primary N) is 2. The van der Waals surface area contributed by atoms with Crippen LogP contribution in [0.1, 0.15) is 69.5 Å². The number of allylic oxidation sites excluding steroid dienone is 3. The monoisotopic (exact) mass is 617 g/mol. The highest BCUT2D eigenvalue weighted by atomic mass is 32.2. The van der Waals surface area contributed by atoms with Crippen LogP contribution in [0.3, 0.4) is 0 Å². The van der Waals surface area contributed by atoms with Crippen LogP contribution in [0.4, 0.5) is 0 Å². The Morgan fingerprint density at radius 1 is 0.644 bits per heavy atom. The SMILES string of the molecule is CCc1ccccc1Cc1ccc(C(=C2C=CC=C[C+]2S(=O)(=O)O)c2ccc(Cc3ccccc3CC)c(CN)c2)cc1CN. The highest BCUT2D eigenvalue weighted by Crippen LogP contribution is 2.38. The molecule has 0 bridgehead atoms.